The molecule has 108 valence electrons. The van der Waals surface area contributed by atoms with E-state index in [9.17, 15) is 8.42 Å². The summed E-state index contributed by atoms with van der Waals surface area (Å²) >= 11 is 1.21. The molecule has 1 aromatic rings. The van der Waals surface area contributed by atoms with E-state index in [1.807, 2.05) is 0 Å². The van der Waals surface area contributed by atoms with Gasteiger partial charge in [-0.25, -0.2) is 8.42 Å². The molecule has 19 heavy (non-hydrogen) atoms. The van der Waals surface area contributed by atoms with Crippen LogP contribution in [0.5, 0.6) is 0 Å². The number of anilines is 2. The van der Waals surface area contributed by atoms with Crippen LogP contribution in [0.2, 0.25) is 0 Å². The quantitative estimate of drug-likeness (QED) is 0.922. The molecule has 1 aromatic heterocycles. The summed E-state index contributed by atoms with van der Waals surface area (Å²) in [5.41, 5.74) is 5.76. The van der Waals surface area contributed by atoms with Gasteiger partial charge in [0, 0.05) is 13.1 Å². The van der Waals surface area contributed by atoms with Gasteiger partial charge in [0.2, 0.25) is 0 Å². The Morgan fingerprint density at radius 3 is 2.53 bits per heavy atom. The number of nitrogen functional groups attached to an aromatic ring is 1. The van der Waals surface area contributed by atoms with Crippen molar-refractivity contribution in [1.82, 2.24) is 4.37 Å². The third kappa shape index (κ3) is 2.86. The lowest BCUT2D eigenvalue weighted by atomic mass is 9.95. The monoisotopic (exact) mass is 303 g/mol. The Balaban J connectivity index is 2.27. The van der Waals surface area contributed by atoms with Crippen LogP contribution in [0.25, 0.3) is 0 Å². The largest absolute Gasteiger partial charge is 0.382 e. The molecule has 0 spiro atoms. The molecule has 0 atom stereocenters. The van der Waals surface area contributed by atoms with Gasteiger partial charge >= 0.3 is 0 Å². The highest BCUT2D eigenvalue weighted by Crippen LogP contribution is 2.37. The number of nitrogens with zero attached hydrogens (tertiary/aromatic N) is 2. The molecule has 0 bridgehead atoms. The van der Waals surface area contributed by atoms with Crippen LogP contribution in [0.1, 0.15) is 33.1 Å². The van der Waals surface area contributed by atoms with Crippen LogP contribution in [0.15, 0.2) is 4.90 Å². The molecule has 0 amide bonds. The van der Waals surface area contributed by atoms with E-state index in [1.54, 1.807) is 6.92 Å². The van der Waals surface area contributed by atoms with E-state index in [-0.39, 0.29) is 16.5 Å². The lowest BCUT2D eigenvalue weighted by Crippen LogP contribution is -2.33. The van der Waals surface area contributed by atoms with Gasteiger partial charge in [-0.3, -0.25) is 0 Å². The highest BCUT2D eigenvalue weighted by atomic mass is 32.2. The topological polar surface area (TPSA) is 76.3 Å². The third-order valence-electron chi connectivity index (χ3n) is 3.83. The standard InChI is InChI=1S/C12H21N3O2S2/c1-3-9-5-7-15(8-6-9)12-10(11(13)14-18-12)19(16,17)4-2/h9H,3-8H2,1-2H3,(H2,13,14). The van der Waals surface area contributed by atoms with Crippen LogP contribution in [0.3, 0.4) is 0 Å². The normalized spacial score (nSPS) is 17.9. The summed E-state index contributed by atoms with van der Waals surface area (Å²) in [6, 6.07) is 0. The van der Waals surface area contributed by atoms with Crippen molar-refractivity contribution in [3.63, 3.8) is 0 Å². The molecular weight excluding hydrogens is 282 g/mol. The molecule has 0 aromatic carbocycles. The minimum atomic E-state index is -3.30. The van der Waals surface area contributed by atoms with E-state index in [4.69, 9.17) is 5.73 Å². The summed E-state index contributed by atoms with van der Waals surface area (Å²) in [7, 11) is -3.30. The second-order valence-electron chi connectivity index (χ2n) is 4.94. The predicted molar refractivity (Wildman–Crippen MR) is 79.5 cm³/mol. The second kappa shape index (κ2) is 5.66. The van der Waals surface area contributed by atoms with Crippen LogP contribution < -0.4 is 10.6 Å². The Morgan fingerprint density at radius 2 is 2.00 bits per heavy atom. The van der Waals surface area contributed by atoms with Crippen molar-refractivity contribution >= 4 is 32.2 Å². The zero-order valence-corrected chi connectivity index (χ0v) is 13.1. The van der Waals surface area contributed by atoms with Crippen LogP contribution in [-0.2, 0) is 9.84 Å². The Morgan fingerprint density at radius 1 is 1.37 bits per heavy atom. The molecule has 0 aliphatic carbocycles. The van der Waals surface area contributed by atoms with Crippen molar-refractivity contribution in [2.24, 2.45) is 5.92 Å². The zero-order chi connectivity index (χ0) is 14.0. The Kier molecular flexibility index (Phi) is 4.35. The van der Waals surface area contributed by atoms with Crippen molar-refractivity contribution in [2.75, 3.05) is 29.5 Å². The maximum Gasteiger partial charge on any atom is 0.184 e. The van der Waals surface area contributed by atoms with E-state index in [2.05, 4.69) is 16.2 Å². The molecule has 1 fully saturated rings. The average Bonchev–Trinajstić information content (AvgIpc) is 2.81. The van der Waals surface area contributed by atoms with Crippen molar-refractivity contribution in [1.29, 1.82) is 0 Å². The molecule has 0 unspecified atom stereocenters. The molecule has 0 radical (unpaired) electrons. The first-order valence-electron chi connectivity index (χ1n) is 6.72. The van der Waals surface area contributed by atoms with Gasteiger partial charge < -0.3 is 10.6 Å². The van der Waals surface area contributed by atoms with Crippen LogP contribution in [0, 0.1) is 5.92 Å². The Bertz CT molecular complexity index is 531. The Labute approximate surface area is 118 Å². The van der Waals surface area contributed by atoms with E-state index >= 15 is 0 Å². The first kappa shape index (κ1) is 14.6. The fourth-order valence-corrected chi connectivity index (χ4v) is 4.83. The van der Waals surface area contributed by atoms with Gasteiger partial charge in [-0.15, -0.1) is 0 Å². The number of rotatable bonds is 4. The average molecular weight is 303 g/mol. The van der Waals surface area contributed by atoms with Gasteiger partial charge in [-0.1, -0.05) is 20.3 Å². The molecule has 1 aliphatic heterocycles. The number of sulfone groups is 1. The first-order valence-corrected chi connectivity index (χ1v) is 9.15. The SMILES string of the molecule is CCC1CCN(c2snc(N)c2S(=O)(=O)CC)CC1. The van der Waals surface area contributed by atoms with Gasteiger partial charge in [-0.2, -0.15) is 4.37 Å². The molecule has 0 saturated carbocycles. The van der Waals surface area contributed by atoms with Gasteiger partial charge in [0.05, 0.1) is 5.75 Å². The fourth-order valence-electron chi connectivity index (χ4n) is 2.47. The van der Waals surface area contributed by atoms with Crippen molar-refractivity contribution in [2.45, 2.75) is 38.0 Å². The third-order valence-corrected chi connectivity index (χ3v) is 6.66. The van der Waals surface area contributed by atoms with Crippen molar-refractivity contribution < 1.29 is 8.42 Å². The lowest BCUT2D eigenvalue weighted by molar-refractivity contribution is 0.395. The highest BCUT2D eigenvalue weighted by Gasteiger charge is 2.29. The summed E-state index contributed by atoms with van der Waals surface area (Å²) in [5.74, 6) is 0.973. The van der Waals surface area contributed by atoms with Gasteiger partial charge in [0.25, 0.3) is 0 Å². The summed E-state index contributed by atoms with van der Waals surface area (Å²) in [6.45, 7) is 5.64. The number of piperidine rings is 1. The Hall–Kier alpha value is -0.820. The number of nitrogens with two attached hydrogens (primary N) is 1. The minimum Gasteiger partial charge on any atom is -0.382 e. The number of hydrogen-bond donors (Lipinski definition) is 1. The first-order chi connectivity index (χ1) is 8.99. The van der Waals surface area contributed by atoms with Crippen LogP contribution in [-0.4, -0.2) is 31.6 Å². The van der Waals surface area contributed by atoms with E-state index < -0.39 is 9.84 Å². The summed E-state index contributed by atoms with van der Waals surface area (Å²) in [4.78, 5) is 2.37. The second-order valence-corrected chi connectivity index (χ2v) is 7.91. The number of aromatic nitrogens is 1. The molecule has 1 aliphatic rings. The molecule has 1 saturated heterocycles. The maximum atomic E-state index is 12.1. The van der Waals surface area contributed by atoms with Crippen LogP contribution in [0.4, 0.5) is 10.8 Å². The van der Waals surface area contributed by atoms with Gasteiger partial charge in [-0.05, 0) is 30.3 Å². The summed E-state index contributed by atoms with van der Waals surface area (Å²) < 4.78 is 28.3. The molecular formula is C12H21N3O2S2. The van der Waals surface area contributed by atoms with Crippen molar-refractivity contribution in [3.8, 4) is 0 Å². The fraction of sp³-hybridized carbons (Fsp3) is 0.750. The molecule has 5 nitrogen and oxygen atoms in total. The van der Waals surface area contributed by atoms with Crippen molar-refractivity contribution in [3.05, 3.63) is 0 Å². The van der Waals surface area contributed by atoms with E-state index in [0.29, 0.717) is 0 Å². The minimum absolute atomic E-state index is 0.0635. The smallest absolute Gasteiger partial charge is 0.184 e. The molecule has 2 heterocycles. The zero-order valence-electron chi connectivity index (χ0n) is 11.4. The maximum absolute atomic E-state index is 12.1. The highest BCUT2D eigenvalue weighted by molar-refractivity contribution is 7.91. The van der Waals surface area contributed by atoms with Gasteiger partial charge in [0.1, 0.15) is 9.90 Å². The molecule has 2 rings (SSSR count). The molecule has 7 heteroatoms. The predicted octanol–water partition coefficient (Wildman–Crippen LogP) is 2.15. The summed E-state index contributed by atoms with van der Waals surface area (Å²) in [5, 5.41) is 0.730. The number of hydrogen-bond acceptors (Lipinski definition) is 6. The van der Waals surface area contributed by atoms with Gasteiger partial charge in [0.15, 0.2) is 15.7 Å². The van der Waals surface area contributed by atoms with Crippen LogP contribution >= 0.6 is 11.5 Å². The molecule has 2 N–H and O–H groups in total. The lowest BCUT2D eigenvalue weighted by Gasteiger charge is -2.32. The van der Waals surface area contributed by atoms with E-state index in [1.165, 1.54) is 18.0 Å². The summed E-state index contributed by atoms with van der Waals surface area (Å²) in [6.07, 6.45) is 3.42. The van der Waals surface area contributed by atoms with E-state index in [0.717, 1.165) is 36.9 Å².